The van der Waals surface area contributed by atoms with E-state index in [2.05, 4.69) is 36.0 Å². The number of aromatic nitrogens is 8. The first kappa shape index (κ1) is 21.2. The number of tetrazole rings is 2. The van der Waals surface area contributed by atoms with Crippen molar-refractivity contribution in [2.45, 2.75) is 18.6 Å². The lowest BCUT2D eigenvalue weighted by molar-refractivity contribution is -0.130. The van der Waals surface area contributed by atoms with Gasteiger partial charge in [-0.1, -0.05) is 11.8 Å². The number of amides is 1. The Hall–Kier alpha value is -3.06. The van der Waals surface area contributed by atoms with Crippen LogP contribution in [0.15, 0.2) is 29.4 Å². The van der Waals surface area contributed by atoms with Gasteiger partial charge in [-0.2, -0.15) is 4.68 Å². The van der Waals surface area contributed by atoms with Gasteiger partial charge in [-0.15, -0.1) is 10.2 Å². The molecule has 1 aromatic carbocycles. The lowest BCUT2D eigenvalue weighted by Crippen LogP contribution is -2.49. The lowest BCUT2D eigenvalue weighted by Gasteiger charge is -2.34. The number of thioether (sulfide) groups is 1. The van der Waals surface area contributed by atoms with Crippen LogP contribution in [0.2, 0.25) is 0 Å². The summed E-state index contributed by atoms with van der Waals surface area (Å²) in [5.74, 6) is 1.99. The highest BCUT2D eigenvalue weighted by atomic mass is 32.2. The average Bonchev–Trinajstić information content (AvgIpc) is 3.42. The quantitative estimate of drug-likeness (QED) is 0.440. The predicted molar refractivity (Wildman–Crippen MR) is 112 cm³/mol. The van der Waals surface area contributed by atoms with E-state index < -0.39 is 0 Å². The molecule has 1 aliphatic heterocycles. The van der Waals surface area contributed by atoms with Crippen molar-refractivity contribution in [2.24, 2.45) is 7.05 Å². The zero-order valence-corrected chi connectivity index (χ0v) is 18.3. The molecule has 2 aromatic heterocycles. The van der Waals surface area contributed by atoms with Crippen molar-refractivity contribution in [3.05, 3.63) is 30.1 Å². The van der Waals surface area contributed by atoms with Gasteiger partial charge in [0.1, 0.15) is 5.75 Å². The minimum absolute atomic E-state index is 0.0897. The molecule has 0 unspecified atom stereocenters. The third kappa shape index (κ3) is 5.17. The van der Waals surface area contributed by atoms with Crippen molar-refractivity contribution in [3.63, 3.8) is 0 Å². The highest BCUT2D eigenvalue weighted by Crippen LogP contribution is 2.17. The number of benzene rings is 1. The van der Waals surface area contributed by atoms with Gasteiger partial charge in [-0.05, 0) is 52.0 Å². The Kier molecular flexibility index (Phi) is 6.72. The normalized spacial score (nSPS) is 14.7. The minimum Gasteiger partial charge on any atom is -0.494 e. The highest BCUT2D eigenvalue weighted by Gasteiger charge is 2.23. The fourth-order valence-corrected chi connectivity index (χ4v) is 4.02. The summed E-state index contributed by atoms with van der Waals surface area (Å²) in [5.41, 5.74) is 0.882. The predicted octanol–water partition coefficient (Wildman–Crippen LogP) is 0.0210. The Morgan fingerprint density at radius 2 is 1.81 bits per heavy atom. The molecule has 13 heteroatoms. The molecule has 1 fully saturated rings. The highest BCUT2D eigenvalue weighted by molar-refractivity contribution is 7.99. The first-order valence-electron chi connectivity index (χ1n) is 10.00. The van der Waals surface area contributed by atoms with E-state index in [1.165, 1.54) is 11.8 Å². The Morgan fingerprint density at radius 1 is 1.06 bits per heavy atom. The Balaban J connectivity index is 1.29. The van der Waals surface area contributed by atoms with E-state index in [9.17, 15) is 4.79 Å². The van der Waals surface area contributed by atoms with Crippen molar-refractivity contribution in [2.75, 3.05) is 38.5 Å². The molecule has 0 atom stereocenters. The number of carbonyl (C=O) groups excluding carboxylic acids is 1. The maximum atomic E-state index is 12.5. The minimum atomic E-state index is 0.0897. The van der Waals surface area contributed by atoms with Crippen molar-refractivity contribution in [3.8, 4) is 11.4 Å². The molecule has 0 saturated carbocycles. The molecule has 3 aromatic rings. The van der Waals surface area contributed by atoms with Gasteiger partial charge in [-0.25, -0.2) is 4.68 Å². The number of ether oxygens (including phenoxy) is 1. The van der Waals surface area contributed by atoms with Crippen LogP contribution in [0, 0.1) is 0 Å². The van der Waals surface area contributed by atoms with E-state index in [0.29, 0.717) is 37.2 Å². The molecule has 4 rings (SSSR count). The van der Waals surface area contributed by atoms with Crippen LogP contribution in [0.3, 0.4) is 0 Å². The molecule has 0 aliphatic carbocycles. The maximum Gasteiger partial charge on any atom is 0.233 e. The van der Waals surface area contributed by atoms with Gasteiger partial charge in [0.05, 0.1) is 24.6 Å². The smallest absolute Gasteiger partial charge is 0.233 e. The third-order valence-electron chi connectivity index (χ3n) is 4.92. The van der Waals surface area contributed by atoms with Gasteiger partial charge >= 0.3 is 0 Å². The first-order chi connectivity index (χ1) is 15.1. The second-order valence-corrected chi connectivity index (χ2v) is 7.91. The molecular weight excluding hydrogens is 420 g/mol. The van der Waals surface area contributed by atoms with Crippen molar-refractivity contribution in [1.82, 2.24) is 50.2 Å². The zero-order chi connectivity index (χ0) is 21.6. The van der Waals surface area contributed by atoms with Gasteiger partial charge in [0.25, 0.3) is 0 Å². The van der Waals surface area contributed by atoms with Crippen molar-refractivity contribution < 1.29 is 9.53 Å². The van der Waals surface area contributed by atoms with Crippen LogP contribution in [-0.2, 0) is 18.4 Å². The molecule has 12 nitrogen and oxygen atoms in total. The van der Waals surface area contributed by atoms with E-state index in [4.69, 9.17) is 4.74 Å². The van der Waals surface area contributed by atoms with E-state index in [1.54, 1.807) is 16.4 Å². The maximum absolute atomic E-state index is 12.5. The molecule has 0 bridgehead atoms. The molecule has 31 heavy (non-hydrogen) atoms. The second kappa shape index (κ2) is 9.83. The summed E-state index contributed by atoms with van der Waals surface area (Å²) in [6.07, 6.45) is 0. The van der Waals surface area contributed by atoms with Crippen LogP contribution in [0.25, 0.3) is 5.69 Å². The van der Waals surface area contributed by atoms with Crippen LogP contribution in [-0.4, -0.2) is 94.7 Å². The molecule has 1 aliphatic rings. The monoisotopic (exact) mass is 444 g/mol. The SMILES string of the molecule is CCOc1ccc(-n2nnnc2CN2CCN(C(=O)CSc3nnnn3C)CC2)cc1. The summed E-state index contributed by atoms with van der Waals surface area (Å²) in [6, 6.07) is 7.69. The summed E-state index contributed by atoms with van der Waals surface area (Å²) in [6.45, 7) is 6.05. The summed E-state index contributed by atoms with van der Waals surface area (Å²) in [5, 5.41) is 24.0. The average molecular weight is 445 g/mol. The number of carbonyl (C=O) groups is 1. The molecule has 1 amide bonds. The van der Waals surface area contributed by atoms with Gasteiger partial charge in [-0.3, -0.25) is 9.69 Å². The topological polar surface area (TPSA) is 120 Å². The second-order valence-electron chi connectivity index (χ2n) is 6.96. The van der Waals surface area contributed by atoms with Gasteiger partial charge in [0, 0.05) is 33.2 Å². The van der Waals surface area contributed by atoms with E-state index in [1.807, 2.05) is 36.1 Å². The fourth-order valence-electron chi connectivity index (χ4n) is 3.27. The van der Waals surface area contributed by atoms with Crippen molar-refractivity contribution in [1.29, 1.82) is 0 Å². The zero-order valence-electron chi connectivity index (χ0n) is 17.5. The summed E-state index contributed by atoms with van der Waals surface area (Å²) >= 11 is 1.35. The molecule has 0 spiro atoms. The molecule has 0 radical (unpaired) electrons. The molecular formula is C18H24N10O2S. The lowest BCUT2D eigenvalue weighted by atomic mass is 10.3. The summed E-state index contributed by atoms with van der Waals surface area (Å²) in [4.78, 5) is 16.6. The van der Waals surface area contributed by atoms with Crippen molar-refractivity contribution >= 4 is 17.7 Å². The van der Waals surface area contributed by atoms with Gasteiger partial charge < -0.3 is 9.64 Å². The van der Waals surface area contributed by atoms with Crippen LogP contribution in [0.4, 0.5) is 0 Å². The fraction of sp³-hybridized carbons (Fsp3) is 0.500. The number of hydrogen-bond acceptors (Lipinski definition) is 10. The molecule has 164 valence electrons. The summed E-state index contributed by atoms with van der Waals surface area (Å²) < 4.78 is 8.78. The number of hydrogen-bond donors (Lipinski definition) is 0. The molecule has 1 saturated heterocycles. The largest absolute Gasteiger partial charge is 0.494 e. The van der Waals surface area contributed by atoms with Gasteiger partial charge in [0.2, 0.25) is 11.1 Å². The number of piperazine rings is 1. The Bertz CT molecular complexity index is 997. The van der Waals surface area contributed by atoms with Gasteiger partial charge in [0.15, 0.2) is 5.82 Å². The van der Waals surface area contributed by atoms with Crippen LogP contribution in [0.1, 0.15) is 12.7 Å². The number of nitrogens with zero attached hydrogens (tertiary/aromatic N) is 10. The third-order valence-corrected chi connectivity index (χ3v) is 5.92. The van der Waals surface area contributed by atoms with E-state index in [0.717, 1.165) is 30.4 Å². The van der Waals surface area contributed by atoms with Crippen LogP contribution >= 0.6 is 11.8 Å². The van der Waals surface area contributed by atoms with E-state index in [-0.39, 0.29) is 5.91 Å². The van der Waals surface area contributed by atoms with Crippen LogP contribution in [0.5, 0.6) is 5.75 Å². The van der Waals surface area contributed by atoms with E-state index >= 15 is 0 Å². The Morgan fingerprint density at radius 3 is 2.48 bits per heavy atom. The molecule has 3 heterocycles. The first-order valence-corrected chi connectivity index (χ1v) is 11.0. The standard InChI is InChI=1S/C18H24N10O2S/c1-3-30-15-6-4-14(5-7-15)28-16(19-21-24-28)12-26-8-10-27(11-9-26)17(29)13-31-18-20-22-23-25(18)2/h4-7H,3,8-13H2,1-2H3. The molecule has 0 N–H and O–H groups in total. The summed E-state index contributed by atoms with van der Waals surface area (Å²) in [7, 11) is 1.76. The van der Waals surface area contributed by atoms with Crippen LogP contribution < -0.4 is 4.74 Å². The Labute approximate surface area is 183 Å². The number of rotatable bonds is 8. The number of aryl methyl sites for hydroxylation is 1.